The third-order valence-corrected chi connectivity index (χ3v) is 5.49. The predicted molar refractivity (Wildman–Crippen MR) is 129 cm³/mol. The maximum Gasteiger partial charge on any atom is 0.408 e. The number of benzene rings is 2. The number of hydrazone groups is 1. The van der Waals surface area contributed by atoms with Crippen LogP contribution >= 0.6 is 0 Å². The van der Waals surface area contributed by atoms with Crippen LogP contribution in [0, 0.1) is 0 Å². The van der Waals surface area contributed by atoms with Gasteiger partial charge in [0.05, 0.1) is 18.3 Å². The predicted octanol–water partition coefficient (Wildman–Crippen LogP) is 4.27. The lowest BCUT2D eigenvalue weighted by molar-refractivity contribution is -0.159. The summed E-state index contributed by atoms with van der Waals surface area (Å²) in [7, 11) is 0. The Bertz CT molecular complexity index is 1270. The van der Waals surface area contributed by atoms with Gasteiger partial charge >= 0.3 is 6.18 Å². The summed E-state index contributed by atoms with van der Waals surface area (Å²) in [6, 6.07) is 16.6. The SMILES string of the molecule is CCCc1c(CNc2cccc(C(=O)NC3=NN(CC(F)(F)F)C(=O)C3)c2)cnn1-c1ccccc1. The summed E-state index contributed by atoms with van der Waals surface area (Å²) in [5.74, 6) is -1.51. The number of alkyl halides is 3. The second kappa shape index (κ2) is 10.6. The fourth-order valence-electron chi connectivity index (χ4n) is 3.86. The number of hydrogen-bond donors (Lipinski definition) is 2. The van der Waals surface area contributed by atoms with Gasteiger partial charge in [0.25, 0.3) is 11.8 Å². The van der Waals surface area contributed by atoms with Gasteiger partial charge in [0.1, 0.15) is 12.4 Å². The zero-order valence-electron chi connectivity index (χ0n) is 19.5. The lowest BCUT2D eigenvalue weighted by Crippen LogP contribution is -2.32. The van der Waals surface area contributed by atoms with E-state index in [9.17, 15) is 22.8 Å². The van der Waals surface area contributed by atoms with Crippen LogP contribution in [0.4, 0.5) is 18.9 Å². The molecule has 1 aromatic heterocycles. The van der Waals surface area contributed by atoms with Crippen LogP contribution in [0.3, 0.4) is 0 Å². The molecule has 1 aliphatic heterocycles. The van der Waals surface area contributed by atoms with Crippen LogP contribution in [0.2, 0.25) is 0 Å². The molecule has 0 saturated carbocycles. The Morgan fingerprint density at radius 3 is 2.61 bits per heavy atom. The quantitative estimate of drug-likeness (QED) is 0.485. The van der Waals surface area contributed by atoms with Crippen LogP contribution in [0.1, 0.15) is 41.4 Å². The van der Waals surface area contributed by atoms with E-state index < -0.39 is 31.0 Å². The van der Waals surface area contributed by atoms with Crippen molar-refractivity contribution < 1.29 is 22.8 Å². The van der Waals surface area contributed by atoms with Crippen LogP contribution in [-0.4, -0.2) is 45.2 Å². The number of nitrogens with zero attached hydrogens (tertiary/aromatic N) is 4. The van der Waals surface area contributed by atoms with Crippen LogP contribution in [-0.2, 0) is 17.8 Å². The molecule has 2 heterocycles. The number of carbonyl (C=O) groups is 2. The molecule has 0 radical (unpaired) electrons. The van der Waals surface area contributed by atoms with E-state index in [-0.39, 0.29) is 11.4 Å². The largest absolute Gasteiger partial charge is 0.408 e. The first-order valence-corrected chi connectivity index (χ1v) is 11.4. The molecule has 0 bridgehead atoms. The highest BCUT2D eigenvalue weighted by molar-refractivity contribution is 6.13. The Balaban J connectivity index is 1.42. The molecule has 2 N–H and O–H groups in total. The van der Waals surface area contributed by atoms with Crippen molar-refractivity contribution in [2.75, 3.05) is 11.9 Å². The van der Waals surface area contributed by atoms with E-state index in [0.717, 1.165) is 29.8 Å². The Labute approximate surface area is 205 Å². The molecule has 1 aliphatic rings. The Morgan fingerprint density at radius 2 is 1.89 bits per heavy atom. The van der Waals surface area contributed by atoms with Crippen molar-refractivity contribution in [1.82, 2.24) is 20.1 Å². The second-order valence-electron chi connectivity index (χ2n) is 8.29. The summed E-state index contributed by atoms with van der Waals surface area (Å²) in [6.45, 7) is 1.10. The number of amides is 2. The molecule has 36 heavy (non-hydrogen) atoms. The van der Waals surface area contributed by atoms with E-state index in [1.165, 1.54) is 0 Å². The van der Waals surface area contributed by atoms with Crippen molar-refractivity contribution in [1.29, 1.82) is 0 Å². The van der Waals surface area contributed by atoms with Crippen molar-refractivity contribution in [2.24, 2.45) is 5.10 Å². The zero-order valence-corrected chi connectivity index (χ0v) is 19.5. The highest BCUT2D eigenvalue weighted by atomic mass is 19.4. The molecule has 0 saturated heterocycles. The maximum absolute atomic E-state index is 12.6. The molecule has 0 atom stereocenters. The number of halogens is 3. The summed E-state index contributed by atoms with van der Waals surface area (Å²) >= 11 is 0. The molecule has 4 rings (SSSR count). The minimum absolute atomic E-state index is 0.120. The molecule has 0 unspecified atom stereocenters. The monoisotopic (exact) mass is 498 g/mol. The van der Waals surface area contributed by atoms with E-state index in [2.05, 4.69) is 27.8 Å². The Hall–Kier alpha value is -4.15. The first kappa shape index (κ1) is 25.0. The third-order valence-electron chi connectivity index (χ3n) is 5.49. The number of carbonyl (C=O) groups excluding carboxylic acids is 2. The van der Waals surface area contributed by atoms with E-state index in [4.69, 9.17) is 0 Å². The van der Waals surface area contributed by atoms with E-state index in [1.807, 2.05) is 41.2 Å². The van der Waals surface area contributed by atoms with E-state index in [1.54, 1.807) is 24.3 Å². The lowest BCUT2D eigenvalue weighted by atomic mass is 10.1. The van der Waals surface area contributed by atoms with Gasteiger partial charge in [0, 0.05) is 29.1 Å². The number of rotatable bonds is 8. The zero-order chi connectivity index (χ0) is 25.7. The molecule has 0 spiro atoms. The topological polar surface area (TPSA) is 91.6 Å². The van der Waals surface area contributed by atoms with Crippen LogP contribution in [0.25, 0.3) is 5.69 Å². The number of hydrogen-bond acceptors (Lipinski definition) is 5. The van der Waals surface area contributed by atoms with Gasteiger partial charge in [0.2, 0.25) is 0 Å². The summed E-state index contributed by atoms with van der Waals surface area (Å²) in [5.41, 5.74) is 4.06. The minimum Gasteiger partial charge on any atom is -0.381 e. The van der Waals surface area contributed by atoms with Gasteiger partial charge in [-0.2, -0.15) is 23.4 Å². The van der Waals surface area contributed by atoms with Gasteiger partial charge in [-0.1, -0.05) is 37.6 Å². The van der Waals surface area contributed by atoms with Crippen LogP contribution < -0.4 is 10.6 Å². The number of anilines is 1. The van der Waals surface area contributed by atoms with Crippen molar-refractivity contribution in [2.45, 2.75) is 38.9 Å². The van der Waals surface area contributed by atoms with Crippen molar-refractivity contribution in [3.05, 3.63) is 77.6 Å². The third kappa shape index (κ3) is 6.09. The molecular weight excluding hydrogens is 473 g/mol. The maximum atomic E-state index is 12.6. The number of para-hydroxylation sites is 1. The summed E-state index contributed by atoms with van der Waals surface area (Å²) in [4.78, 5) is 24.4. The fourth-order valence-corrected chi connectivity index (χ4v) is 3.86. The van der Waals surface area contributed by atoms with Crippen LogP contribution in [0.15, 0.2) is 65.9 Å². The molecule has 3 aromatic rings. The number of nitrogens with one attached hydrogen (secondary N) is 2. The molecule has 0 fully saturated rings. The summed E-state index contributed by atoms with van der Waals surface area (Å²) in [6.07, 6.45) is -1.35. The first-order valence-electron chi connectivity index (χ1n) is 11.4. The van der Waals surface area contributed by atoms with Gasteiger partial charge < -0.3 is 10.6 Å². The molecule has 0 aliphatic carbocycles. The van der Waals surface area contributed by atoms with E-state index >= 15 is 0 Å². The Kier molecular flexibility index (Phi) is 7.37. The standard InChI is InChI=1S/C25H25F3N6O2/c1-2-7-21-18(15-30-34(21)20-10-4-3-5-11-20)14-29-19-9-6-8-17(12-19)24(36)31-22-13-23(35)33(32-22)16-25(26,27)28/h3-6,8-12,15,29H,2,7,13-14,16H2,1H3,(H,31,32,36). The average molecular weight is 499 g/mol. The lowest BCUT2D eigenvalue weighted by Gasteiger charge is -2.13. The molecule has 2 aromatic carbocycles. The minimum atomic E-state index is -4.58. The summed E-state index contributed by atoms with van der Waals surface area (Å²) < 4.78 is 39.6. The molecule has 188 valence electrons. The molecule has 8 nitrogen and oxygen atoms in total. The highest BCUT2D eigenvalue weighted by Crippen LogP contribution is 2.21. The Morgan fingerprint density at radius 1 is 1.11 bits per heavy atom. The van der Waals surface area contributed by atoms with Gasteiger partial charge in [0.15, 0.2) is 0 Å². The van der Waals surface area contributed by atoms with E-state index in [0.29, 0.717) is 17.2 Å². The normalized spacial score (nSPS) is 13.6. The van der Waals surface area contributed by atoms with Crippen LogP contribution in [0.5, 0.6) is 0 Å². The number of aromatic nitrogens is 2. The first-order chi connectivity index (χ1) is 17.2. The van der Waals surface area contributed by atoms with Gasteiger partial charge in [-0.3, -0.25) is 9.59 Å². The van der Waals surface area contributed by atoms with Crippen molar-refractivity contribution in [3.8, 4) is 5.69 Å². The van der Waals surface area contributed by atoms with Gasteiger partial charge in [-0.05, 0) is 36.8 Å². The molecular formula is C25H25F3N6O2. The smallest absolute Gasteiger partial charge is 0.381 e. The van der Waals surface area contributed by atoms with Crippen molar-refractivity contribution >= 4 is 23.3 Å². The van der Waals surface area contributed by atoms with Crippen molar-refractivity contribution in [3.63, 3.8) is 0 Å². The molecule has 2 amide bonds. The summed E-state index contributed by atoms with van der Waals surface area (Å²) in [5, 5.41) is 14.2. The fraction of sp³-hybridized carbons (Fsp3) is 0.280. The number of amidine groups is 1. The van der Waals surface area contributed by atoms with Gasteiger partial charge in [-0.15, -0.1) is 0 Å². The van der Waals surface area contributed by atoms with Gasteiger partial charge in [-0.25, -0.2) is 9.69 Å². The molecule has 11 heteroatoms. The average Bonchev–Trinajstić information content (AvgIpc) is 3.40. The second-order valence-corrected chi connectivity index (χ2v) is 8.29. The highest BCUT2D eigenvalue weighted by Gasteiger charge is 2.36.